The number of anilines is 2. The van der Waals surface area contributed by atoms with Crippen LogP contribution in [0, 0.1) is 23.6 Å². The Morgan fingerprint density at radius 2 is 1.71 bits per heavy atom. The van der Waals surface area contributed by atoms with E-state index in [1.807, 2.05) is 0 Å². The summed E-state index contributed by atoms with van der Waals surface area (Å²) >= 11 is 0. The summed E-state index contributed by atoms with van der Waals surface area (Å²) in [6.07, 6.45) is 5.51. The number of aromatic nitrogens is 3. The first-order valence-electron chi connectivity index (χ1n) is 8.94. The number of hydrogen-bond donors (Lipinski definition) is 1. The van der Waals surface area contributed by atoms with E-state index in [4.69, 9.17) is 0 Å². The monoisotopic (exact) mass is 436 g/mol. The molecule has 4 aromatic rings. The Bertz CT molecular complexity index is 1460. The maximum Gasteiger partial charge on any atom is 0.248 e. The van der Waals surface area contributed by atoms with Gasteiger partial charge in [0.2, 0.25) is 5.95 Å². The average Bonchev–Trinajstić information content (AvgIpc) is 2.74. The summed E-state index contributed by atoms with van der Waals surface area (Å²) in [6, 6.07) is 10.8. The molecule has 3 heterocycles. The van der Waals surface area contributed by atoms with Gasteiger partial charge in [-0.2, -0.15) is 4.39 Å². The highest BCUT2D eigenvalue weighted by molar-refractivity contribution is 7.90. The van der Waals surface area contributed by atoms with E-state index in [0.717, 1.165) is 23.9 Å². The number of halogens is 2. The molecular formula is C22H14F2N4O2S. The van der Waals surface area contributed by atoms with Gasteiger partial charge in [-0.1, -0.05) is 5.92 Å². The lowest BCUT2D eigenvalue weighted by molar-refractivity contribution is 0.479. The van der Waals surface area contributed by atoms with Gasteiger partial charge in [0.05, 0.1) is 4.90 Å². The van der Waals surface area contributed by atoms with Gasteiger partial charge in [-0.05, 0) is 48.4 Å². The molecule has 0 fully saturated rings. The molecule has 0 radical (unpaired) electrons. The minimum absolute atomic E-state index is 0.219. The van der Waals surface area contributed by atoms with Crippen molar-refractivity contribution < 1.29 is 17.2 Å². The third-order valence-electron chi connectivity index (χ3n) is 4.32. The number of nitrogens with one attached hydrogen (secondary N) is 1. The van der Waals surface area contributed by atoms with Crippen LogP contribution in [0.2, 0.25) is 0 Å². The Balaban J connectivity index is 1.66. The first kappa shape index (κ1) is 20.4. The SMILES string of the molecule is CS(=O)(=O)c1ccc(Nc2cc3c(C#Cc4cnc(F)c(F)c4)nccc3cn2)cc1. The summed E-state index contributed by atoms with van der Waals surface area (Å²) in [4.78, 5) is 12.1. The number of sulfone groups is 1. The maximum absolute atomic E-state index is 13.3. The van der Waals surface area contributed by atoms with Crippen LogP contribution in [-0.4, -0.2) is 29.6 Å². The highest BCUT2D eigenvalue weighted by Crippen LogP contribution is 2.22. The molecule has 0 aliphatic rings. The fraction of sp³-hybridized carbons (Fsp3) is 0.0455. The third-order valence-corrected chi connectivity index (χ3v) is 5.45. The number of rotatable bonds is 3. The number of hydrogen-bond acceptors (Lipinski definition) is 6. The molecular weight excluding hydrogens is 422 g/mol. The predicted octanol–water partition coefficient (Wildman–Crippen LogP) is 3.85. The normalized spacial score (nSPS) is 11.1. The fourth-order valence-electron chi connectivity index (χ4n) is 2.79. The van der Waals surface area contributed by atoms with E-state index >= 15 is 0 Å². The van der Waals surface area contributed by atoms with Gasteiger partial charge in [-0.3, -0.25) is 0 Å². The summed E-state index contributed by atoms with van der Waals surface area (Å²) < 4.78 is 49.5. The largest absolute Gasteiger partial charge is 0.340 e. The zero-order valence-corrected chi connectivity index (χ0v) is 16.9. The van der Waals surface area contributed by atoms with Crippen molar-refractivity contribution in [1.29, 1.82) is 0 Å². The molecule has 0 aliphatic carbocycles. The van der Waals surface area contributed by atoms with E-state index in [2.05, 4.69) is 32.1 Å². The Hall–Kier alpha value is -3.90. The molecule has 0 spiro atoms. The van der Waals surface area contributed by atoms with Gasteiger partial charge in [-0.15, -0.1) is 0 Å². The zero-order valence-electron chi connectivity index (χ0n) is 16.1. The number of nitrogens with zero attached hydrogens (tertiary/aromatic N) is 3. The molecule has 0 saturated carbocycles. The number of benzene rings is 1. The Morgan fingerprint density at radius 3 is 2.42 bits per heavy atom. The van der Waals surface area contributed by atoms with Crippen LogP contribution in [-0.2, 0) is 9.84 Å². The lowest BCUT2D eigenvalue weighted by atomic mass is 10.1. The van der Waals surface area contributed by atoms with Gasteiger partial charge in [0, 0.05) is 46.9 Å². The van der Waals surface area contributed by atoms with Crippen LogP contribution in [0.1, 0.15) is 11.3 Å². The summed E-state index contributed by atoms with van der Waals surface area (Å²) in [5, 5.41) is 4.60. The summed E-state index contributed by atoms with van der Waals surface area (Å²) in [6.45, 7) is 0. The fourth-order valence-corrected chi connectivity index (χ4v) is 3.42. The first-order valence-corrected chi connectivity index (χ1v) is 10.8. The maximum atomic E-state index is 13.3. The lowest BCUT2D eigenvalue weighted by Crippen LogP contribution is -1.98. The average molecular weight is 436 g/mol. The lowest BCUT2D eigenvalue weighted by Gasteiger charge is -2.08. The van der Waals surface area contributed by atoms with E-state index < -0.39 is 21.6 Å². The number of pyridine rings is 3. The molecule has 0 saturated heterocycles. The molecule has 4 rings (SSSR count). The standard InChI is InChI=1S/C22H14F2N4O2S/c1-31(29,30)17-5-3-16(4-6-17)28-21-11-18-15(13-26-21)8-9-25-20(18)7-2-14-10-19(23)22(24)27-12-14/h3-6,8-13H,1H3,(H,26,28). The van der Waals surface area contributed by atoms with Gasteiger partial charge < -0.3 is 5.32 Å². The van der Waals surface area contributed by atoms with E-state index in [1.54, 1.807) is 36.7 Å². The van der Waals surface area contributed by atoms with Gasteiger partial charge in [-0.25, -0.2) is 27.8 Å². The van der Waals surface area contributed by atoms with Crippen LogP contribution in [0.3, 0.4) is 0 Å². The van der Waals surface area contributed by atoms with Gasteiger partial charge in [0.1, 0.15) is 11.5 Å². The Morgan fingerprint density at radius 1 is 0.935 bits per heavy atom. The summed E-state index contributed by atoms with van der Waals surface area (Å²) in [7, 11) is -3.28. The Labute approximate surface area is 176 Å². The van der Waals surface area contributed by atoms with E-state index in [9.17, 15) is 17.2 Å². The van der Waals surface area contributed by atoms with Crippen LogP contribution in [0.25, 0.3) is 10.8 Å². The van der Waals surface area contributed by atoms with Crippen LogP contribution in [0.15, 0.2) is 66.0 Å². The second-order valence-corrected chi connectivity index (χ2v) is 8.63. The van der Waals surface area contributed by atoms with Crippen molar-refractivity contribution >= 4 is 32.1 Å². The van der Waals surface area contributed by atoms with Gasteiger partial charge in [0.25, 0.3) is 0 Å². The first-order chi connectivity index (χ1) is 14.8. The minimum atomic E-state index is -3.28. The molecule has 3 aromatic heterocycles. The van der Waals surface area contributed by atoms with Crippen LogP contribution in [0.5, 0.6) is 0 Å². The second-order valence-electron chi connectivity index (χ2n) is 6.62. The zero-order chi connectivity index (χ0) is 22.0. The molecule has 31 heavy (non-hydrogen) atoms. The highest BCUT2D eigenvalue weighted by Gasteiger charge is 2.08. The molecule has 0 amide bonds. The van der Waals surface area contributed by atoms with Crippen molar-refractivity contribution in [3.63, 3.8) is 0 Å². The summed E-state index contributed by atoms with van der Waals surface area (Å²) in [5.41, 5.74) is 1.31. The molecule has 9 heteroatoms. The number of fused-ring (bicyclic) bond motifs is 1. The van der Waals surface area contributed by atoms with Crippen molar-refractivity contribution in [1.82, 2.24) is 15.0 Å². The van der Waals surface area contributed by atoms with Crippen molar-refractivity contribution in [3.8, 4) is 11.8 Å². The third kappa shape index (κ3) is 4.65. The molecule has 1 N–H and O–H groups in total. The van der Waals surface area contributed by atoms with E-state index in [1.165, 1.54) is 12.1 Å². The molecule has 0 atom stereocenters. The molecule has 6 nitrogen and oxygen atoms in total. The van der Waals surface area contributed by atoms with E-state index in [-0.39, 0.29) is 10.5 Å². The second kappa shape index (κ2) is 8.08. The minimum Gasteiger partial charge on any atom is -0.340 e. The summed E-state index contributed by atoms with van der Waals surface area (Å²) in [5.74, 6) is 3.84. The molecule has 154 valence electrons. The quantitative estimate of drug-likeness (QED) is 0.388. The molecule has 0 unspecified atom stereocenters. The van der Waals surface area contributed by atoms with Gasteiger partial charge in [0.15, 0.2) is 15.7 Å². The molecule has 0 bridgehead atoms. The topological polar surface area (TPSA) is 84.8 Å². The molecule has 0 aliphatic heterocycles. The smallest absolute Gasteiger partial charge is 0.248 e. The van der Waals surface area contributed by atoms with Crippen molar-refractivity contribution in [2.45, 2.75) is 4.90 Å². The van der Waals surface area contributed by atoms with Crippen LogP contribution < -0.4 is 5.32 Å². The van der Waals surface area contributed by atoms with Crippen molar-refractivity contribution in [3.05, 3.63) is 84.1 Å². The Kier molecular flexibility index (Phi) is 5.31. The molecule has 1 aromatic carbocycles. The van der Waals surface area contributed by atoms with Crippen molar-refractivity contribution in [2.75, 3.05) is 11.6 Å². The van der Waals surface area contributed by atoms with Gasteiger partial charge >= 0.3 is 0 Å². The highest BCUT2D eigenvalue weighted by atomic mass is 32.2. The van der Waals surface area contributed by atoms with Crippen LogP contribution >= 0.6 is 0 Å². The predicted molar refractivity (Wildman–Crippen MR) is 113 cm³/mol. The van der Waals surface area contributed by atoms with Crippen LogP contribution in [0.4, 0.5) is 20.3 Å². The van der Waals surface area contributed by atoms with Crippen molar-refractivity contribution in [2.24, 2.45) is 0 Å². The van der Waals surface area contributed by atoms with E-state index in [0.29, 0.717) is 22.6 Å².